The van der Waals surface area contributed by atoms with E-state index in [0.717, 1.165) is 0 Å². The number of amides is 1. The second kappa shape index (κ2) is 6.23. The van der Waals surface area contributed by atoms with Gasteiger partial charge in [-0.2, -0.15) is 4.98 Å². The summed E-state index contributed by atoms with van der Waals surface area (Å²) in [6, 6.07) is 6.32. The van der Waals surface area contributed by atoms with E-state index in [1.54, 1.807) is 31.2 Å². The van der Waals surface area contributed by atoms with Crippen LogP contribution in [-0.2, 0) is 0 Å². The summed E-state index contributed by atoms with van der Waals surface area (Å²) in [7, 11) is 0. The van der Waals surface area contributed by atoms with Gasteiger partial charge >= 0.3 is 0 Å². The van der Waals surface area contributed by atoms with E-state index in [4.69, 9.17) is 4.52 Å². The van der Waals surface area contributed by atoms with Crippen LogP contribution in [0.3, 0.4) is 0 Å². The third-order valence-electron chi connectivity index (χ3n) is 3.52. The van der Waals surface area contributed by atoms with Crippen LogP contribution in [0.5, 0.6) is 0 Å². The Kier molecular flexibility index (Phi) is 4.11. The maximum absolute atomic E-state index is 12.3. The minimum absolute atomic E-state index is 0.0610. The molecule has 3 rings (SSSR count). The Morgan fingerprint density at radius 1 is 1.21 bits per heavy atom. The number of para-hydroxylation sites is 1. The normalized spacial score (nSPS) is 12.5. The monoisotopic (exact) mass is 327 g/mol. The van der Waals surface area contributed by atoms with Crippen LogP contribution in [0, 0.1) is 0 Å². The summed E-state index contributed by atoms with van der Waals surface area (Å²) in [6.07, 6.45) is 0. The van der Waals surface area contributed by atoms with Gasteiger partial charge in [-0.1, -0.05) is 31.1 Å². The number of carbonyl (C=O) groups is 1. The molecule has 3 aromatic rings. The van der Waals surface area contributed by atoms with Gasteiger partial charge in [-0.3, -0.25) is 9.59 Å². The molecule has 0 radical (unpaired) electrons. The minimum atomic E-state index is -0.519. The Morgan fingerprint density at radius 2 is 1.96 bits per heavy atom. The van der Waals surface area contributed by atoms with E-state index in [1.807, 2.05) is 13.8 Å². The van der Waals surface area contributed by atoms with Crippen molar-refractivity contribution in [2.45, 2.75) is 32.7 Å². The zero-order valence-corrected chi connectivity index (χ0v) is 13.5. The predicted octanol–water partition coefficient (Wildman–Crippen LogP) is 1.92. The molecule has 0 saturated carbocycles. The van der Waals surface area contributed by atoms with E-state index in [9.17, 15) is 9.59 Å². The van der Waals surface area contributed by atoms with Crippen LogP contribution in [0.1, 0.15) is 55.1 Å². The summed E-state index contributed by atoms with van der Waals surface area (Å²) in [4.78, 5) is 35.3. The zero-order valence-electron chi connectivity index (χ0n) is 13.5. The SMILES string of the molecule is CC(C)c1noc([C@H](C)NC(=O)c2nc3ccccc3c(=O)[nH]2)n1. The molecule has 1 aromatic carbocycles. The fourth-order valence-corrected chi connectivity index (χ4v) is 2.18. The van der Waals surface area contributed by atoms with E-state index in [-0.39, 0.29) is 17.3 Å². The molecule has 0 aliphatic heterocycles. The van der Waals surface area contributed by atoms with Crippen LogP contribution < -0.4 is 10.9 Å². The lowest BCUT2D eigenvalue weighted by Crippen LogP contribution is -2.30. The highest BCUT2D eigenvalue weighted by Gasteiger charge is 2.20. The fraction of sp³-hybridized carbons (Fsp3) is 0.312. The first-order chi connectivity index (χ1) is 11.5. The highest BCUT2D eigenvalue weighted by molar-refractivity contribution is 5.92. The number of aromatic nitrogens is 4. The molecule has 2 N–H and O–H groups in total. The smallest absolute Gasteiger partial charge is 0.287 e. The van der Waals surface area contributed by atoms with Crippen LogP contribution in [-0.4, -0.2) is 26.0 Å². The lowest BCUT2D eigenvalue weighted by Gasteiger charge is -2.09. The van der Waals surface area contributed by atoms with Crippen molar-refractivity contribution in [1.82, 2.24) is 25.4 Å². The number of carbonyl (C=O) groups excluding carboxylic acids is 1. The number of aromatic amines is 1. The first-order valence-electron chi connectivity index (χ1n) is 7.59. The Morgan fingerprint density at radius 3 is 2.67 bits per heavy atom. The van der Waals surface area contributed by atoms with E-state index in [1.165, 1.54) is 0 Å². The van der Waals surface area contributed by atoms with Crippen LogP contribution in [0.4, 0.5) is 0 Å². The van der Waals surface area contributed by atoms with Crippen LogP contribution in [0.25, 0.3) is 10.9 Å². The summed E-state index contributed by atoms with van der Waals surface area (Å²) in [5.41, 5.74) is 0.0947. The summed E-state index contributed by atoms with van der Waals surface area (Å²) >= 11 is 0. The van der Waals surface area contributed by atoms with Gasteiger partial charge in [-0.25, -0.2) is 4.98 Å². The first kappa shape index (κ1) is 15.9. The van der Waals surface area contributed by atoms with Crippen LogP contribution in [0.2, 0.25) is 0 Å². The lowest BCUT2D eigenvalue weighted by atomic mass is 10.2. The second-order valence-electron chi connectivity index (χ2n) is 5.77. The fourth-order valence-electron chi connectivity index (χ4n) is 2.18. The molecule has 124 valence electrons. The van der Waals surface area contributed by atoms with Crippen molar-refractivity contribution in [1.29, 1.82) is 0 Å². The van der Waals surface area contributed by atoms with Gasteiger partial charge in [-0.05, 0) is 19.1 Å². The van der Waals surface area contributed by atoms with Crippen LogP contribution >= 0.6 is 0 Å². The molecule has 0 fully saturated rings. The van der Waals surface area contributed by atoms with E-state index < -0.39 is 11.9 Å². The molecular weight excluding hydrogens is 310 g/mol. The number of hydrogen-bond acceptors (Lipinski definition) is 6. The van der Waals surface area contributed by atoms with Crippen LogP contribution in [0.15, 0.2) is 33.6 Å². The predicted molar refractivity (Wildman–Crippen MR) is 86.6 cm³/mol. The quantitative estimate of drug-likeness (QED) is 0.756. The third kappa shape index (κ3) is 3.03. The average Bonchev–Trinajstić information content (AvgIpc) is 3.05. The Bertz CT molecular complexity index is 944. The van der Waals surface area contributed by atoms with E-state index in [0.29, 0.717) is 22.6 Å². The average molecular weight is 327 g/mol. The van der Waals surface area contributed by atoms with Gasteiger partial charge in [0.15, 0.2) is 11.6 Å². The number of fused-ring (bicyclic) bond motifs is 1. The largest absolute Gasteiger partial charge is 0.338 e. The van der Waals surface area contributed by atoms with Crippen molar-refractivity contribution >= 4 is 16.8 Å². The molecule has 0 aliphatic carbocycles. The number of nitrogens with one attached hydrogen (secondary N) is 2. The first-order valence-corrected chi connectivity index (χ1v) is 7.59. The zero-order chi connectivity index (χ0) is 17.3. The van der Waals surface area contributed by atoms with Gasteiger partial charge in [0.25, 0.3) is 11.5 Å². The number of nitrogens with zero attached hydrogens (tertiary/aromatic N) is 3. The third-order valence-corrected chi connectivity index (χ3v) is 3.52. The Balaban J connectivity index is 1.82. The molecule has 0 unspecified atom stereocenters. The molecular formula is C16H17N5O3. The molecule has 1 atom stereocenters. The standard InChI is InChI=1S/C16H17N5O3/c1-8(2)12-20-16(24-21-12)9(3)17-15(23)13-18-11-7-5-4-6-10(11)14(22)19-13/h4-9H,1-3H3,(H,17,23)(H,18,19,22)/t9-/m0/s1. The summed E-state index contributed by atoms with van der Waals surface area (Å²) in [6.45, 7) is 5.61. The molecule has 0 saturated heterocycles. The molecule has 2 heterocycles. The Labute approximate surface area is 137 Å². The maximum atomic E-state index is 12.3. The van der Waals surface area contributed by atoms with E-state index in [2.05, 4.69) is 25.4 Å². The van der Waals surface area contributed by atoms with E-state index >= 15 is 0 Å². The van der Waals surface area contributed by atoms with Gasteiger partial charge in [0, 0.05) is 5.92 Å². The second-order valence-corrected chi connectivity index (χ2v) is 5.77. The summed E-state index contributed by atoms with van der Waals surface area (Å²) in [5.74, 6) is 0.422. The molecule has 1 amide bonds. The topological polar surface area (TPSA) is 114 Å². The molecule has 8 heteroatoms. The minimum Gasteiger partial charge on any atom is -0.338 e. The maximum Gasteiger partial charge on any atom is 0.287 e. The molecule has 2 aromatic heterocycles. The number of rotatable bonds is 4. The lowest BCUT2D eigenvalue weighted by molar-refractivity contribution is 0.0922. The van der Waals surface area contributed by atoms with Gasteiger partial charge in [0.2, 0.25) is 5.89 Å². The summed E-state index contributed by atoms with van der Waals surface area (Å²) in [5, 5.41) is 6.98. The molecule has 0 spiro atoms. The van der Waals surface area contributed by atoms with Crippen molar-refractivity contribution < 1.29 is 9.32 Å². The molecule has 0 bridgehead atoms. The van der Waals surface area contributed by atoms with Crippen molar-refractivity contribution in [2.75, 3.05) is 0 Å². The van der Waals surface area contributed by atoms with Crippen molar-refractivity contribution in [3.05, 3.63) is 52.2 Å². The Hall–Kier alpha value is -3.03. The highest BCUT2D eigenvalue weighted by atomic mass is 16.5. The van der Waals surface area contributed by atoms with Gasteiger partial charge in [0.05, 0.1) is 10.9 Å². The highest BCUT2D eigenvalue weighted by Crippen LogP contribution is 2.15. The van der Waals surface area contributed by atoms with Gasteiger partial charge in [-0.15, -0.1) is 0 Å². The van der Waals surface area contributed by atoms with Crippen molar-refractivity contribution in [2.24, 2.45) is 0 Å². The molecule has 0 aliphatic rings. The van der Waals surface area contributed by atoms with Gasteiger partial charge in [0.1, 0.15) is 6.04 Å². The van der Waals surface area contributed by atoms with Crippen molar-refractivity contribution in [3.8, 4) is 0 Å². The van der Waals surface area contributed by atoms with Gasteiger partial charge < -0.3 is 14.8 Å². The molecule has 8 nitrogen and oxygen atoms in total. The summed E-state index contributed by atoms with van der Waals surface area (Å²) < 4.78 is 5.15. The number of hydrogen-bond donors (Lipinski definition) is 2. The van der Waals surface area contributed by atoms with Crippen molar-refractivity contribution in [3.63, 3.8) is 0 Å². The molecule has 24 heavy (non-hydrogen) atoms. The number of benzene rings is 1. The number of H-pyrrole nitrogens is 1.